The van der Waals surface area contributed by atoms with Crippen molar-refractivity contribution in [3.8, 4) is 0 Å². The Hall–Kier alpha value is -1.43. The van der Waals surface area contributed by atoms with Gasteiger partial charge in [0.05, 0.1) is 13.7 Å². The van der Waals surface area contributed by atoms with Crippen LogP contribution in [0, 0.1) is 0 Å². The van der Waals surface area contributed by atoms with E-state index in [1.165, 1.54) is 7.11 Å². The molecule has 1 atom stereocenters. The number of carbonyl (C=O) groups is 3. The summed E-state index contributed by atoms with van der Waals surface area (Å²) in [6, 6.07) is -0.953. The van der Waals surface area contributed by atoms with Crippen molar-refractivity contribution in [2.75, 3.05) is 13.7 Å². The molecule has 1 unspecified atom stereocenters. The van der Waals surface area contributed by atoms with Crippen molar-refractivity contribution in [1.82, 2.24) is 4.90 Å². The van der Waals surface area contributed by atoms with E-state index in [-0.39, 0.29) is 31.2 Å². The number of carbonyl (C=O) groups excluding carboxylic acids is 3. The van der Waals surface area contributed by atoms with Crippen molar-refractivity contribution in [3.05, 3.63) is 0 Å². The Balaban J connectivity index is 2.55. The first-order valence-corrected chi connectivity index (χ1v) is 4.23. The Labute approximate surface area is 81.0 Å². The summed E-state index contributed by atoms with van der Waals surface area (Å²) in [7, 11) is 1.20. The molecule has 1 heterocycles. The second-order valence-corrected chi connectivity index (χ2v) is 3.03. The summed E-state index contributed by atoms with van der Waals surface area (Å²) in [6.45, 7) is -0.0929. The van der Waals surface area contributed by atoms with Crippen LogP contribution < -0.4 is 5.73 Å². The fourth-order valence-electron chi connectivity index (χ4n) is 1.25. The van der Waals surface area contributed by atoms with Gasteiger partial charge >= 0.3 is 5.97 Å². The molecule has 0 radical (unpaired) electrons. The van der Waals surface area contributed by atoms with Crippen molar-refractivity contribution in [1.29, 1.82) is 0 Å². The average molecular weight is 200 g/mol. The monoisotopic (exact) mass is 200 g/mol. The summed E-state index contributed by atoms with van der Waals surface area (Å²) in [5, 5.41) is 0. The molecule has 1 aliphatic heterocycles. The van der Waals surface area contributed by atoms with E-state index in [1.54, 1.807) is 0 Å². The quantitative estimate of drug-likeness (QED) is 0.448. The van der Waals surface area contributed by atoms with E-state index in [0.717, 1.165) is 4.90 Å². The van der Waals surface area contributed by atoms with Gasteiger partial charge in [-0.05, 0) is 0 Å². The summed E-state index contributed by atoms with van der Waals surface area (Å²) in [6.07, 6.45) is 0.402. The minimum atomic E-state index is -0.953. The highest BCUT2D eigenvalue weighted by Gasteiger charge is 2.31. The fraction of sp³-hybridized carbons (Fsp3) is 0.625. The van der Waals surface area contributed by atoms with Crippen LogP contribution in [-0.2, 0) is 19.1 Å². The van der Waals surface area contributed by atoms with E-state index in [0.29, 0.717) is 0 Å². The summed E-state index contributed by atoms with van der Waals surface area (Å²) >= 11 is 0. The van der Waals surface area contributed by atoms with Crippen molar-refractivity contribution < 1.29 is 19.1 Å². The lowest BCUT2D eigenvalue weighted by Gasteiger charge is -2.17. The number of nitrogens with zero attached hydrogens (tertiary/aromatic N) is 1. The predicted molar refractivity (Wildman–Crippen MR) is 45.9 cm³/mol. The minimum Gasteiger partial charge on any atom is -0.468 e. The Bertz CT molecular complexity index is 261. The summed E-state index contributed by atoms with van der Waals surface area (Å²) in [4.78, 5) is 34.2. The summed E-state index contributed by atoms with van der Waals surface area (Å²) in [5.41, 5.74) is 5.41. The number of hydrogen-bond acceptors (Lipinski definition) is 5. The zero-order valence-corrected chi connectivity index (χ0v) is 7.86. The van der Waals surface area contributed by atoms with Crippen LogP contribution in [0.25, 0.3) is 0 Å². The number of rotatable bonds is 3. The van der Waals surface area contributed by atoms with E-state index < -0.39 is 12.0 Å². The fourth-order valence-corrected chi connectivity index (χ4v) is 1.25. The molecule has 0 aromatic rings. The van der Waals surface area contributed by atoms with Crippen molar-refractivity contribution in [2.24, 2.45) is 5.73 Å². The van der Waals surface area contributed by atoms with Crippen molar-refractivity contribution in [3.63, 3.8) is 0 Å². The van der Waals surface area contributed by atoms with Crippen LogP contribution >= 0.6 is 0 Å². The van der Waals surface area contributed by atoms with Gasteiger partial charge in [0.1, 0.15) is 6.04 Å². The third-order valence-corrected chi connectivity index (χ3v) is 2.04. The van der Waals surface area contributed by atoms with Gasteiger partial charge in [0.25, 0.3) is 0 Å². The lowest BCUT2D eigenvalue weighted by Crippen LogP contribution is -2.45. The lowest BCUT2D eigenvalue weighted by molar-refractivity contribution is -0.144. The maximum Gasteiger partial charge on any atom is 0.324 e. The van der Waals surface area contributed by atoms with Crippen molar-refractivity contribution in [2.45, 2.75) is 18.9 Å². The molecule has 2 N–H and O–H groups in total. The van der Waals surface area contributed by atoms with Gasteiger partial charge in [-0.25, -0.2) is 0 Å². The van der Waals surface area contributed by atoms with Gasteiger partial charge in [-0.1, -0.05) is 0 Å². The topological polar surface area (TPSA) is 89.7 Å². The highest BCUT2D eigenvalue weighted by molar-refractivity contribution is 6.02. The van der Waals surface area contributed by atoms with Gasteiger partial charge in [-0.15, -0.1) is 0 Å². The molecule has 1 saturated heterocycles. The second kappa shape index (κ2) is 4.19. The SMILES string of the molecule is COC(=O)C(N)CN1C(=O)CCC1=O. The third-order valence-electron chi connectivity index (χ3n) is 2.04. The molecule has 1 fully saturated rings. The summed E-state index contributed by atoms with van der Waals surface area (Å²) < 4.78 is 4.38. The second-order valence-electron chi connectivity index (χ2n) is 3.03. The highest BCUT2D eigenvalue weighted by atomic mass is 16.5. The van der Waals surface area contributed by atoms with E-state index >= 15 is 0 Å². The predicted octanol–water partition coefficient (Wildman–Crippen LogP) is -1.36. The maximum atomic E-state index is 11.1. The molecule has 78 valence electrons. The molecule has 0 saturated carbocycles. The Morgan fingerprint density at radius 3 is 2.43 bits per heavy atom. The van der Waals surface area contributed by atoms with Gasteiger partial charge in [0, 0.05) is 12.8 Å². The van der Waals surface area contributed by atoms with Gasteiger partial charge in [-0.2, -0.15) is 0 Å². The lowest BCUT2D eigenvalue weighted by atomic mass is 10.3. The molecule has 14 heavy (non-hydrogen) atoms. The molecule has 0 spiro atoms. The first-order valence-electron chi connectivity index (χ1n) is 4.23. The van der Waals surface area contributed by atoms with Crippen LogP contribution in [0.4, 0.5) is 0 Å². The highest BCUT2D eigenvalue weighted by Crippen LogP contribution is 2.11. The number of amides is 2. The molecule has 1 aliphatic rings. The molecule has 6 heteroatoms. The van der Waals surface area contributed by atoms with Crippen molar-refractivity contribution >= 4 is 17.8 Å². The number of methoxy groups -OCH3 is 1. The third kappa shape index (κ3) is 2.08. The number of likely N-dealkylation sites (tertiary alicyclic amines) is 1. The van der Waals surface area contributed by atoms with Gasteiger partial charge in [-0.3, -0.25) is 19.3 Å². The number of hydrogen-bond donors (Lipinski definition) is 1. The molecule has 6 nitrogen and oxygen atoms in total. The number of imide groups is 1. The Morgan fingerprint density at radius 1 is 1.50 bits per heavy atom. The van der Waals surface area contributed by atoms with Gasteiger partial charge in [0.2, 0.25) is 11.8 Å². The van der Waals surface area contributed by atoms with Crippen LogP contribution in [0.15, 0.2) is 0 Å². The van der Waals surface area contributed by atoms with Crippen LogP contribution in [0.2, 0.25) is 0 Å². The maximum absolute atomic E-state index is 11.1. The molecule has 0 aromatic carbocycles. The number of esters is 1. The zero-order valence-electron chi connectivity index (χ0n) is 7.86. The van der Waals surface area contributed by atoms with Crippen LogP contribution in [0.5, 0.6) is 0 Å². The molecule has 0 bridgehead atoms. The molecule has 1 rings (SSSR count). The smallest absolute Gasteiger partial charge is 0.324 e. The van der Waals surface area contributed by atoms with E-state index in [2.05, 4.69) is 4.74 Å². The van der Waals surface area contributed by atoms with Crippen LogP contribution in [-0.4, -0.2) is 42.4 Å². The number of ether oxygens (including phenoxy) is 1. The molecular formula is C8H12N2O4. The minimum absolute atomic E-state index is 0.0929. The average Bonchev–Trinajstić information content (AvgIpc) is 2.48. The normalized spacial score (nSPS) is 18.6. The standard InChI is InChI=1S/C8H12N2O4/c1-14-8(13)5(9)4-10-6(11)2-3-7(10)12/h5H,2-4,9H2,1H3. The first-order chi connectivity index (χ1) is 6.56. The number of nitrogens with two attached hydrogens (primary N) is 1. The van der Waals surface area contributed by atoms with Crippen LogP contribution in [0.3, 0.4) is 0 Å². The van der Waals surface area contributed by atoms with E-state index in [9.17, 15) is 14.4 Å². The molecule has 0 aliphatic carbocycles. The first kappa shape index (κ1) is 10.6. The largest absolute Gasteiger partial charge is 0.468 e. The molecular weight excluding hydrogens is 188 g/mol. The van der Waals surface area contributed by atoms with Gasteiger partial charge in [0.15, 0.2) is 0 Å². The zero-order chi connectivity index (χ0) is 10.7. The van der Waals surface area contributed by atoms with Gasteiger partial charge < -0.3 is 10.5 Å². The molecule has 2 amide bonds. The molecule has 0 aromatic heterocycles. The van der Waals surface area contributed by atoms with E-state index in [4.69, 9.17) is 5.73 Å². The summed E-state index contributed by atoms with van der Waals surface area (Å²) in [5.74, 6) is -1.19. The van der Waals surface area contributed by atoms with Crippen LogP contribution in [0.1, 0.15) is 12.8 Å². The Kier molecular flexibility index (Phi) is 3.19. The van der Waals surface area contributed by atoms with E-state index in [1.807, 2.05) is 0 Å². The Morgan fingerprint density at radius 2 is 2.00 bits per heavy atom.